The summed E-state index contributed by atoms with van der Waals surface area (Å²) < 4.78 is 5.24. The van der Waals surface area contributed by atoms with Crippen molar-refractivity contribution in [3.63, 3.8) is 0 Å². The van der Waals surface area contributed by atoms with Gasteiger partial charge in [-0.3, -0.25) is 4.98 Å². The number of anilines is 1. The third-order valence-electron chi connectivity index (χ3n) is 4.06. The molecule has 1 aliphatic carbocycles. The second-order valence-corrected chi connectivity index (χ2v) is 5.41. The Hall–Kier alpha value is -2.62. The number of pyridine rings is 1. The average molecular weight is 277 g/mol. The predicted octanol–water partition coefficient (Wildman–Crippen LogP) is 3.59. The number of aromatic nitrogens is 2. The zero-order chi connectivity index (χ0) is 14.2. The number of hydrogen-bond acceptors (Lipinski definition) is 4. The lowest BCUT2D eigenvalue weighted by Crippen LogP contribution is -1.91. The van der Waals surface area contributed by atoms with Crippen molar-refractivity contribution >= 4 is 5.88 Å². The van der Waals surface area contributed by atoms with Crippen LogP contribution in [0.2, 0.25) is 0 Å². The minimum Gasteiger partial charge on any atom is -0.367 e. The summed E-state index contributed by atoms with van der Waals surface area (Å²) in [6.45, 7) is 0. The lowest BCUT2D eigenvalue weighted by molar-refractivity contribution is 0.427. The van der Waals surface area contributed by atoms with E-state index in [0.29, 0.717) is 17.7 Å². The van der Waals surface area contributed by atoms with Crippen molar-refractivity contribution in [2.45, 2.75) is 18.3 Å². The van der Waals surface area contributed by atoms with Crippen molar-refractivity contribution in [2.75, 3.05) is 5.73 Å². The summed E-state index contributed by atoms with van der Waals surface area (Å²) in [4.78, 5) is 4.15. The topological polar surface area (TPSA) is 64.9 Å². The molecule has 0 amide bonds. The molecule has 0 aliphatic heterocycles. The predicted molar refractivity (Wildman–Crippen MR) is 80.7 cm³/mol. The molecule has 4 nitrogen and oxygen atoms in total. The van der Waals surface area contributed by atoms with E-state index >= 15 is 0 Å². The van der Waals surface area contributed by atoms with Gasteiger partial charge in [0, 0.05) is 23.9 Å². The summed E-state index contributed by atoms with van der Waals surface area (Å²) in [5.41, 5.74) is 10.1. The van der Waals surface area contributed by atoms with Crippen LogP contribution >= 0.6 is 0 Å². The summed E-state index contributed by atoms with van der Waals surface area (Å²) in [7, 11) is 0. The first-order valence-corrected chi connectivity index (χ1v) is 7.05. The molecule has 104 valence electrons. The third-order valence-corrected chi connectivity index (χ3v) is 4.06. The maximum atomic E-state index is 5.97. The van der Waals surface area contributed by atoms with Crippen molar-refractivity contribution in [3.05, 3.63) is 66.1 Å². The van der Waals surface area contributed by atoms with Gasteiger partial charge >= 0.3 is 0 Å². The maximum Gasteiger partial charge on any atom is 0.230 e. The largest absolute Gasteiger partial charge is 0.367 e. The molecule has 2 N–H and O–H groups in total. The summed E-state index contributed by atoms with van der Waals surface area (Å²) >= 11 is 0. The fraction of sp³-hybridized carbons (Fsp3) is 0.176. The van der Waals surface area contributed by atoms with E-state index < -0.39 is 0 Å². The van der Waals surface area contributed by atoms with Gasteiger partial charge in [-0.05, 0) is 24.0 Å². The van der Waals surface area contributed by atoms with Crippen molar-refractivity contribution in [2.24, 2.45) is 0 Å². The van der Waals surface area contributed by atoms with Crippen LogP contribution in [0.5, 0.6) is 0 Å². The molecule has 2 aromatic heterocycles. The van der Waals surface area contributed by atoms with Gasteiger partial charge in [-0.15, -0.1) is 0 Å². The Labute approximate surface area is 122 Å². The zero-order valence-corrected chi connectivity index (χ0v) is 11.4. The van der Waals surface area contributed by atoms with Crippen LogP contribution in [0.4, 0.5) is 5.88 Å². The molecule has 1 fully saturated rings. The second kappa shape index (κ2) is 4.74. The van der Waals surface area contributed by atoms with Crippen LogP contribution in [-0.2, 0) is 0 Å². The standard InChI is InChI=1S/C17H15N3O/c18-17-15(12-7-4-8-19-10-12)16(20-21-17)14-9-13(14)11-5-2-1-3-6-11/h1-8,10,13-14H,9,18H2. The van der Waals surface area contributed by atoms with Crippen molar-refractivity contribution in [3.8, 4) is 11.1 Å². The van der Waals surface area contributed by atoms with Crippen LogP contribution in [0, 0.1) is 0 Å². The Bertz CT molecular complexity index is 752. The van der Waals surface area contributed by atoms with Gasteiger partial charge in [0.05, 0.1) is 11.3 Å². The first-order valence-electron chi connectivity index (χ1n) is 7.05. The SMILES string of the molecule is Nc1onc(C2CC2c2ccccc2)c1-c1cccnc1. The second-order valence-electron chi connectivity index (χ2n) is 5.41. The molecule has 3 aromatic rings. The van der Waals surface area contributed by atoms with Crippen molar-refractivity contribution in [1.29, 1.82) is 0 Å². The quantitative estimate of drug-likeness (QED) is 0.794. The Morgan fingerprint density at radius 1 is 1.05 bits per heavy atom. The molecule has 2 atom stereocenters. The van der Waals surface area contributed by atoms with E-state index in [1.54, 1.807) is 12.4 Å². The maximum absolute atomic E-state index is 5.97. The first kappa shape index (κ1) is 12.1. The summed E-state index contributed by atoms with van der Waals surface area (Å²) in [5, 5.41) is 4.20. The molecule has 1 aliphatic rings. The van der Waals surface area contributed by atoms with Crippen LogP contribution < -0.4 is 5.73 Å². The molecular formula is C17H15N3O. The van der Waals surface area contributed by atoms with Crippen molar-refractivity contribution < 1.29 is 4.52 Å². The van der Waals surface area contributed by atoms with Gasteiger partial charge in [-0.2, -0.15) is 0 Å². The highest BCUT2D eigenvalue weighted by atomic mass is 16.5. The highest BCUT2D eigenvalue weighted by molar-refractivity contribution is 5.75. The van der Waals surface area contributed by atoms with Gasteiger partial charge in [-0.1, -0.05) is 41.6 Å². The van der Waals surface area contributed by atoms with E-state index in [9.17, 15) is 0 Å². The van der Waals surface area contributed by atoms with E-state index in [1.165, 1.54) is 5.56 Å². The van der Waals surface area contributed by atoms with Gasteiger partial charge in [0.15, 0.2) is 0 Å². The summed E-state index contributed by atoms with van der Waals surface area (Å²) in [6.07, 6.45) is 4.63. The van der Waals surface area contributed by atoms with Crippen LogP contribution in [0.25, 0.3) is 11.1 Å². The van der Waals surface area contributed by atoms with E-state index in [1.807, 2.05) is 18.2 Å². The van der Waals surface area contributed by atoms with Crippen molar-refractivity contribution in [1.82, 2.24) is 10.1 Å². The molecule has 2 heterocycles. The fourth-order valence-electron chi connectivity index (χ4n) is 2.94. The number of hydrogen-bond donors (Lipinski definition) is 1. The Kier molecular flexibility index (Phi) is 2.74. The minimum absolute atomic E-state index is 0.372. The third kappa shape index (κ3) is 2.09. The van der Waals surface area contributed by atoms with E-state index in [2.05, 4.69) is 34.4 Å². The lowest BCUT2D eigenvalue weighted by Gasteiger charge is -2.02. The molecule has 4 rings (SSSR count). The Morgan fingerprint density at radius 2 is 1.90 bits per heavy atom. The molecule has 2 unspecified atom stereocenters. The number of nitrogens with two attached hydrogens (primary N) is 1. The van der Waals surface area contributed by atoms with Gasteiger partial charge in [0.2, 0.25) is 5.88 Å². The normalized spacial score (nSPS) is 20.4. The Balaban J connectivity index is 1.69. The first-order chi connectivity index (χ1) is 10.3. The highest BCUT2D eigenvalue weighted by Crippen LogP contribution is 2.56. The van der Waals surface area contributed by atoms with Gasteiger partial charge in [0.1, 0.15) is 0 Å². The molecule has 1 saturated carbocycles. The molecular weight excluding hydrogens is 262 g/mol. The molecule has 0 saturated heterocycles. The van der Waals surface area contributed by atoms with Crippen LogP contribution in [0.15, 0.2) is 59.4 Å². The minimum atomic E-state index is 0.372. The van der Waals surface area contributed by atoms with E-state index in [4.69, 9.17) is 10.3 Å². The molecule has 0 spiro atoms. The van der Waals surface area contributed by atoms with Crippen LogP contribution in [-0.4, -0.2) is 10.1 Å². The summed E-state index contributed by atoms with van der Waals surface area (Å²) in [5.74, 6) is 1.26. The van der Waals surface area contributed by atoms with Crippen LogP contribution in [0.3, 0.4) is 0 Å². The number of benzene rings is 1. The monoisotopic (exact) mass is 277 g/mol. The fourth-order valence-corrected chi connectivity index (χ4v) is 2.94. The molecule has 1 aromatic carbocycles. The molecule has 0 radical (unpaired) electrons. The van der Waals surface area contributed by atoms with Crippen LogP contribution in [0.1, 0.15) is 29.5 Å². The number of nitrogen functional groups attached to an aromatic ring is 1. The smallest absolute Gasteiger partial charge is 0.230 e. The lowest BCUT2D eigenvalue weighted by atomic mass is 10.0. The summed E-state index contributed by atoms with van der Waals surface area (Å²) in [6, 6.07) is 14.4. The average Bonchev–Trinajstić information content (AvgIpc) is 3.25. The number of rotatable bonds is 3. The molecule has 21 heavy (non-hydrogen) atoms. The van der Waals surface area contributed by atoms with Gasteiger partial charge in [-0.25, -0.2) is 0 Å². The number of nitrogens with zero attached hydrogens (tertiary/aromatic N) is 2. The molecule has 4 heteroatoms. The molecule has 0 bridgehead atoms. The highest BCUT2D eigenvalue weighted by Gasteiger charge is 2.43. The van der Waals surface area contributed by atoms with E-state index in [-0.39, 0.29) is 0 Å². The Morgan fingerprint density at radius 3 is 2.67 bits per heavy atom. The van der Waals surface area contributed by atoms with Gasteiger partial charge in [0.25, 0.3) is 0 Å². The van der Waals surface area contributed by atoms with E-state index in [0.717, 1.165) is 23.2 Å². The zero-order valence-electron chi connectivity index (χ0n) is 11.4. The van der Waals surface area contributed by atoms with Gasteiger partial charge < -0.3 is 10.3 Å².